The number of fused-ring (bicyclic) bond motifs is 1. The standard InChI is InChI=1S/C13H10F2N4O2/c1-2-19-11-9(12(20)18-13(19)21)16-10(17-11)8-6(14)4-3-5-7(8)15/h3-5H,2H2,1H3,(H,16,17)(H,18,20,21). The van der Waals surface area contributed by atoms with Crippen molar-refractivity contribution in [1.82, 2.24) is 19.5 Å². The van der Waals surface area contributed by atoms with E-state index >= 15 is 0 Å². The Balaban J connectivity index is 2.40. The summed E-state index contributed by atoms with van der Waals surface area (Å²) in [6, 6.07) is 3.40. The minimum absolute atomic E-state index is 0.00546. The van der Waals surface area contributed by atoms with Gasteiger partial charge in [-0.15, -0.1) is 0 Å². The number of nitrogens with one attached hydrogen (secondary N) is 2. The summed E-state index contributed by atoms with van der Waals surface area (Å²) >= 11 is 0. The van der Waals surface area contributed by atoms with E-state index in [2.05, 4.69) is 15.0 Å². The van der Waals surface area contributed by atoms with Gasteiger partial charge in [-0.2, -0.15) is 0 Å². The molecular weight excluding hydrogens is 282 g/mol. The van der Waals surface area contributed by atoms with Gasteiger partial charge in [-0.05, 0) is 19.1 Å². The molecule has 3 rings (SSSR count). The molecule has 0 unspecified atom stereocenters. The van der Waals surface area contributed by atoms with E-state index in [1.807, 2.05) is 0 Å². The molecule has 2 N–H and O–H groups in total. The maximum atomic E-state index is 13.8. The lowest BCUT2D eigenvalue weighted by atomic mass is 10.2. The summed E-state index contributed by atoms with van der Waals surface area (Å²) in [6.07, 6.45) is 0. The zero-order valence-electron chi connectivity index (χ0n) is 10.9. The molecule has 0 atom stereocenters. The van der Waals surface area contributed by atoms with Crippen LogP contribution < -0.4 is 11.2 Å². The molecule has 0 saturated carbocycles. The Labute approximate surface area is 116 Å². The normalized spacial score (nSPS) is 11.2. The number of aromatic amines is 2. The Kier molecular flexibility index (Phi) is 2.93. The third-order valence-electron chi connectivity index (χ3n) is 3.15. The van der Waals surface area contributed by atoms with Crippen LogP contribution in [-0.2, 0) is 6.54 Å². The molecule has 0 aliphatic rings. The first kappa shape index (κ1) is 13.2. The van der Waals surface area contributed by atoms with Crippen LogP contribution in [0.25, 0.3) is 22.6 Å². The summed E-state index contributed by atoms with van der Waals surface area (Å²) in [6.45, 7) is 1.95. The van der Waals surface area contributed by atoms with Crippen molar-refractivity contribution >= 4 is 11.2 Å². The molecule has 0 bridgehead atoms. The average molecular weight is 292 g/mol. The van der Waals surface area contributed by atoms with Crippen LogP contribution in [0.2, 0.25) is 0 Å². The minimum Gasteiger partial charge on any atom is -0.332 e. The zero-order valence-corrected chi connectivity index (χ0v) is 10.9. The molecule has 0 radical (unpaired) electrons. The fourth-order valence-corrected chi connectivity index (χ4v) is 2.18. The van der Waals surface area contributed by atoms with Gasteiger partial charge < -0.3 is 4.98 Å². The first-order valence-electron chi connectivity index (χ1n) is 6.20. The van der Waals surface area contributed by atoms with Gasteiger partial charge in [-0.25, -0.2) is 18.6 Å². The fraction of sp³-hybridized carbons (Fsp3) is 0.154. The molecule has 0 amide bonds. The van der Waals surface area contributed by atoms with E-state index in [1.165, 1.54) is 10.6 Å². The molecule has 1 aromatic carbocycles. The second kappa shape index (κ2) is 4.65. The first-order chi connectivity index (χ1) is 10.0. The average Bonchev–Trinajstić information content (AvgIpc) is 2.84. The summed E-state index contributed by atoms with van der Waals surface area (Å²) < 4.78 is 28.7. The van der Waals surface area contributed by atoms with Gasteiger partial charge in [0.15, 0.2) is 5.65 Å². The first-order valence-corrected chi connectivity index (χ1v) is 6.20. The van der Waals surface area contributed by atoms with Crippen LogP contribution in [0.15, 0.2) is 27.8 Å². The van der Waals surface area contributed by atoms with Gasteiger partial charge in [0.25, 0.3) is 5.56 Å². The molecule has 3 aromatic rings. The highest BCUT2D eigenvalue weighted by atomic mass is 19.1. The fourth-order valence-electron chi connectivity index (χ4n) is 2.18. The van der Waals surface area contributed by atoms with Crippen molar-refractivity contribution in [3.05, 3.63) is 50.7 Å². The predicted octanol–water partition coefficient (Wildman–Crippen LogP) is 1.38. The molecule has 0 aliphatic carbocycles. The second-order valence-electron chi connectivity index (χ2n) is 4.38. The van der Waals surface area contributed by atoms with Crippen LogP contribution in [0.3, 0.4) is 0 Å². The molecule has 8 heteroatoms. The van der Waals surface area contributed by atoms with E-state index in [0.717, 1.165) is 12.1 Å². The predicted molar refractivity (Wildman–Crippen MR) is 72.0 cm³/mol. The molecule has 6 nitrogen and oxygen atoms in total. The maximum Gasteiger partial charge on any atom is 0.330 e. The Morgan fingerprint density at radius 1 is 1.19 bits per heavy atom. The van der Waals surface area contributed by atoms with Crippen LogP contribution in [-0.4, -0.2) is 19.5 Å². The van der Waals surface area contributed by atoms with Crippen molar-refractivity contribution in [1.29, 1.82) is 0 Å². The molecular formula is C13H10F2N4O2. The Morgan fingerprint density at radius 2 is 1.86 bits per heavy atom. The molecule has 0 saturated heterocycles. The largest absolute Gasteiger partial charge is 0.332 e. The van der Waals surface area contributed by atoms with Gasteiger partial charge in [0.1, 0.15) is 23.0 Å². The van der Waals surface area contributed by atoms with Gasteiger partial charge in [-0.1, -0.05) is 6.07 Å². The molecule has 21 heavy (non-hydrogen) atoms. The number of rotatable bonds is 2. The van der Waals surface area contributed by atoms with Gasteiger partial charge in [0, 0.05) is 6.54 Å². The lowest BCUT2D eigenvalue weighted by Crippen LogP contribution is -2.29. The van der Waals surface area contributed by atoms with E-state index < -0.39 is 22.9 Å². The number of nitrogens with zero attached hydrogens (tertiary/aromatic N) is 2. The van der Waals surface area contributed by atoms with Gasteiger partial charge in [0.05, 0.1) is 5.56 Å². The number of H-pyrrole nitrogens is 2. The SMILES string of the molecule is CCn1c(=O)[nH]c(=O)c2[nH]c(-c3c(F)cccc3F)nc21. The number of halogens is 2. The van der Waals surface area contributed by atoms with E-state index in [9.17, 15) is 18.4 Å². The van der Waals surface area contributed by atoms with Crippen LogP contribution in [0.4, 0.5) is 8.78 Å². The molecule has 2 aromatic heterocycles. The highest BCUT2D eigenvalue weighted by Crippen LogP contribution is 2.24. The van der Waals surface area contributed by atoms with Crippen LogP contribution in [0.1, 0.15) is 6.92 Å². The minimum atomic E-state index is -0.809. The lowest BCUT2D eigenvalue weighted by molar-refractivity contribution is 0.588. The van der Waals surface area contributed by atoms with Crippen molar-refractivity contribution in [2.24, 2.45) is 0 Å². The number of benzene rings is 1. The highest BCUT2D eigenvalue weighted by Gasteiger charge is 2.18. The van der Waals surface area contributed by atoms with Crippen molar-refractivity contribution in [3.8, 4) is 11.4 Å². The van der Waals surface area contributed by atoms with E-state index in [4.69, 9.17) is 0 Å². The Morgan fingerprint density at radius 3 is 2.48 bits per heavy atom. The van der Waals surface area contributed by atoms with Crippen molar-refractivity contribution in [2.75, 3.05) is 0 Å². The van der Waals surface area contributed by atoms with Crippen LogP contribution in [0.5, 0.6) is 0 Å². The second-order valence-corrected chi connectivity index (χ2v) is 4.38. The quantitative estimate of drug-likeness (QED) is 0.748. The number of hydrogen-bond donors (Lipinski definition) is 2. The van der Waals surface area contributed by atoms with E-state index in [0.29, 0.717) is 0 Å². The van der Waals surface area contributed by atoms with Crippen molar-refractivity contribution < 1.29 is 8.78 Å². The van der Waals surface area contributed by atoms with E-state index in [1.54, 1.807) is 6.92 Å². The molecule has 108 valence electrons. The van der Waals surface area contributed by atoms with E-state index in [-0.39, 0.29) is 29.1 Å². The number of hydrogen-bond acceptors (Lipinski definition) is 3. The lowest BCUT2D eigenvalue weighted by Gasteiger charge is -2.00. The maximum absolute atomic E-state index is 13.8. The molecule has 2 heterocycles. The third kappa shape index (κ3) is 1.95. The third-order valence-corrected chi connectivity index (χ3v) is 3.15. The van der Waals surface area contributed by atoms with Crippen LogP contribution >= 0.6 is 0 Å². The molecule has 0 spiro atoms. The summed E-state index contributed by atoms with van der Waals surface area (Å²) in [5, 5.41) is 0. The number of aromatic nitrogens is 4. The topological polar surface area (TPSA) is 83.5 Å². The van der Waals surface area contributed by atoms with Crippen molar-refractivity contribution in [2.45, 2.75) is 13.5 Å². The van der Waals surface area contributed by atoms with Crippen LogP contribution in [0, 0.1) is 11.6 Å². The summed E-state index contributed by atoms with van der Waals surface area (Å²) in [5.74, 6) is -1.76. The Bertz CT molecular complexity index is 935. The smallest absolute Gasteiger partial charge is 0.330 e. The summed E-state index contributed by atoms with van der Waals surface area (Å²) in [7, 11) is 0. The highest BCUT2D eigenvalue weighted by molar-refractivity contribution is 5.75. The molecule has 0 fully saturated rings. The monoisotopic (exact) mass is 292 g/mol. The summed E-state index contributed by atoms with van der Waals surface area (Å²) in [4.78, 5) is 32.1. The Hall–Kier alpha value is -2.77. The van der Waals surface area contributed by atoms with Crippen molar-refractivity contribution in [3.63, 3.8) is 0 Å². The van der Waals surface area contributed by atoms with Gasteiger partial charge in [0.2, 0.25) is 0 Å². The zero-order chi connectivity index (χ0) is 15.1. The summed E-state index contributed by atoms with van der Waals surface area (Å²) in [5.41, 5.74) is -1.63. The number of imidazole rings is 1. The van der Waals surface area contributed by atoms with Gasteiger partial charge >= 0.3 is 5.69 Å². The number of aryl methyl sites for hydroxylation is 1. The van der Waals surface area contributed by atoms with Gasteiger partial charge in [-0.3, -0.25) is 14.3 Å². The molecule has 0 aliphatic heterocycles.